The van der Waals surface area contributed by atoms with Gasteiger partial charge in [0.15, 0.2) is 0 Å². The van der Waals surface area contributed by atoms with Crippen molar-refractivity contribution >= 4 is 22.9 Å². The Morgan fingerprint density at radius 2 is 1.94 bits per heavy atom. The van der Waals surface area contributed by atoms with Gasteiger partial charge in [0.25, 0.3) is 0 Å². The zero-order valence-electron chi connectivity index (χ0n) is 17.4. The summed E-state index contributed by atoms with van der Waals surface area (Å²) in [5, 5.41) is 50.8. The number of benzene rings is 1. The molecule has 0 bridgehead atoms. The van der Waals surface area contributed by atoms with Crippen LogP contribution < -0.4 is 4.74 Å². The third-order valence-electron chi connectivity index (χ3n) is 5.39. The van der Waals surface area contributed by atoms with Crippen molar-refractivity contribution in [2.75, 3.05) is 19.8 Å². The molecule has 5 N–H and O–H groups in total. The van der Waals surface area contributed by atoms with Crippen molar-refractivity contribution < 1.29 is 39.4 Å². The molecule has 1 saturated heterocycles. The van der Waals surface area contributed by atoms with Crippen LogP contribution >= 0.6 is 22.9 Å². The Balaban J connectivity index is 1.67. The molecule has 11 heteroatoms. The van der Waals surface area contributed by atoms with Crippen molar-refractivity contribution in [2.45, 2.75) is 36.9 Å². The summed E-state index contributed by atoms with van der Waals surface area (Å²) < 4.78 is 16.7. The summed E-state index contributed by atoms with van der Waals surface area (Å²) in [4.78, 5) is 5.30. The third-order valence-corrected chi connectivity index (χ3v) is 6.75. The molecular formula is C22H24ClNO8S. The van der Waals surface area contributed by atoms with E-state index in [1.807, 2.05) is 6.07 Å². The molecule has 2 aromatic heterocycles. The molecule has 3 aromatic rings. The number of rotatable bonds is 8. The lowest BCUT2D eigenvalue weighted by Gasteiger charge is -2.40. The minimum Gasteiger partial charge on any atom is -0.491 e. The van der Waals surface area contributed by atoms with Crippen molar-refractivity contribution in [1.29, 1.82) is 0 Å². The molecule has 9 nitrogen and oxygen atoms in total. The molecule has 1 fully saturated rings. The first kappa shape index (κ1) is 24.1. The van der Waals surface area contributed by atoms with Crippen LogP contribution in [0.1, 0.15) is 22.2 Å². The molecule has 3 heterocycles. The van der Waals surface area contributed by atoms with Gasteiger partial charge in [0.05, 0.1) is 29.4 Å². The average Bonchev–Trinajstić information content (AvgIpc) is 3.50. The van der Waals surface area contributed by atoms with Crippen molar-refractivity contribution in [3.63, 3.8) is 0 Å². The minimum atomic E-state index is -1.54. The Bertz CT molecular complexity index is 1060. The standard InChI is InChI=1S/C22H24ClNO8S/c23-13-8-15(31-5-3-25)12(22-21(29)20(28)19(27)16(10-26)32-22)6-11(13)7-18-24-9-17(33-18)14-2-1-4-30-14/h1-2,4,6,8-9,16,19-22,25-29H,3,5,7,10H2/t16-,19-,20+,21-,22+/m1/s1. The van der Waals surface area contributed by atoms with Crippen LogP contribution in [0.15, 0.2) is 41.1 Å². The van der Waals surface area contributed by atoms with Gasteiger partial charge >= 0.3 is 0 Å². The Morgan fingerprint density at radius 1 is 1.12 bits per heavy atom. The van der Waals surface area contributed by atoms with E-state index in [0.29, 0.717) is 28.3 Å². The first-order valence-corrected chi connectivity index (χ1v) is 11.5. The maximum atomic E-state index is 10.6. The number of aliphatic hydroxyl groups excluding tert-OH is 5. The zero-order chi connectivity index (χ0) is 23.5. The summed E-state index contributed by atoms with van der Waals surface area (Å²) in [6.07, 6.45) is -3.03. The van der Waals surface area contributed by atoms with Gasteiger partial charge in [0.2, 0.25) is 0 Å². The van der Waals surface area contributed by atoms with Gasteiger partial charge in [-0.2, -0.15) is 0 Å². The van der Waals surface area contributed by atoms with Gasteiger partial charge in [0, 0.05) is 23.2 Å². The first-order valence-electron chi connectivity index (χ1n) is 10.3. The van der Waals surface area contributed by atoms with E-state index in [0.717, 1.165) is 9.88 Å². The molecule has 0 aliphatic carbocycles. The smallest absolute Gasteiger partial charge is 0.145 e. The second kappa shape index (κ2) is 10.5. The number of ether oxygens (including phenoxy) is 2. The van der Waals surface area contributed by atoms with E-state index < -0.39 is 37.1 Å². The zero-order valence-corrected chi connectivity index (χ0v) is 18.9. The maximum absolute atomic E-state index is 10.6. The third kappa shape index (κ3) is 5.08. The number of nitrogens with zero attached hydrogens (tertiary/aromatic N) is 1. The molecular weight excluding hydrogens is 474 g/mol. The van der Waals surface area contributed by atoms with Crippen LogP contribution in [0.4, 0.5) is 0 Å². The second-order valence-corrected chi connectivity index (χ2v) is 9.10. The van der Waals surface area contributed by atoms with E-state index in [1.165, 1.54) is 11.3 Å². The number of aromatic nitrogens is 1. The predicted molar refractivity (Wildman–Crippen MR) is 119 cm³/mol. The fourth-order valence-corrected chi connectivity index (χ4v) is 4.83. The van der Waals surface area contributed by atoms with E-state index in [-0.39, 0.29) is 19.0 Å². The Morgan fingerprint density at radius 3 is 2.64 bits per heavy atom. The van der Waals surface area contributed by atoms with Crippen molar-refractivity contribution in [3.8, 4) is 16.4 Å². The molecule has 0 amide bonds. The lowest BCUT2D eigenvalue weighted by molar-refractivity contribution is -0.232. The highest BCUT2D eigenvalue weighted by atomic mass is 35.5. The largest absolute Gasteiger partial charge is 0.491 e. The van der Waals surface area contributed by atoms with Gasteiger partial charge in [0.1, 0.15) is 48.6 Å². The van der Waals surface area contributed by atoms with Gasteiger partial charge in [-0.05, 0) is 29.8 Å². The van der Waals surface area contributed by atoms with Crippen LogP contribution in [0.5, 0.6) is 5.75 Å². The number of hydrogen-bond acceptors (Lipinski definition) is 10. The van der Waals surface area contributed by atoms with E-state index >= 15 is 0 Å². The van der Waals surface area contributed by atoms with Gasteiger partial charge in [-0.1, -0.05) is 11.6 Å². The molecule has 33 heavy (non-hydrogen) atoms. The lowest BCUT2D eigenvalue weighted by Crippen LogP contribution is -2.55. The highest BCUT2D eigenvalue weighted by Crippen LogP contribution is 2.40. The molecule has 5 atom stereocenters. The maximum Gasteiger partial charge on any atom is 0.145 e. The molecule has 1 aromatic carbocycles. The number of hydrogen-bond donors (Lipinski definition) is 5. The summed E-state index contributed by atoms with van der Waals surface area (Å²) in [5.41, 5.74) is 1.03. The SMILES string of the molecule is OCCOc1cc(Cl)c(Cc2ncc(-c3ccco3)s2)cc1[C@@H]1O[C@H](CO)[C@@H](O)[C@H](O)[C@H]1O. The van der Waals surface area contributed by atoms with Gasteiger partial charge in [-0.15, -0.1) is 11.3 Å². The molecule has 0 spiro atoms. The van der Waals surface area contributed by atoms with Crippen molar-refractivity contribution in [2.24, 2.45) is 0 Å². The van der Waals surface area contributed by atoms with E-state index in [4.69, 9.17) is 25.5 Å². The highest BCUT2D eigenvalue weighted by Gasteiger charge is 2.45. The Labute approximate surface area is 198 Å². The molecule has 0 unspecified atom stereocenters. The normalized spacial score (nSPS) is 25.3. The topological polar surface area (TPSA) is 146 Å². The predicted octanol–water partition coefficient (Wildman–Crippen LogP) is 1.53. The van der Waals surface area contributed by atoms with Crippen LogP contribution in [-0.2, 0) is 11.2 Å². The molecule has 1 aliphatic rings. The van der Waals surface area contributed by atoms with Crippen LogP contribution in [0, 0.1) is 0 Å². The molecule has 178 valence electrons. The Kier molecular flexibility index (Phi) is 7.67. The number of halogens is 1. The Hall–Kier alpha value is -2.02. The minimum absolute atomic E-state index is 0.0287. The first-order chi connectivity index (χ1) is 15.9. The number of furan rings is 1. The van der Waals surface area contributed by atoms with Crippen LogP contribution in [0.3, 0.4) is 0 Å². The monoisotopic (exact) mass is 497 g/mol. The summed E-state index contributed by atoms with van der Waals surface area (Å²) in [5.74, 6) is 0.956. The molecule has 4 rings (SSSR count). The summed E-state index contributed by atoms with van der Waals surface area (Å²) >= 11 is 7.95. The van der Waals surface area contributed by atoms with Gasteiger partial charge < -0.3 is 39.4 Å². The molecule has 1 aliphatic heterocycles. The number of thiazole rings is 1. The quantitative estimate of drug-likeness (QED) is 0.312. The average molecular weight is 498 g/mol. The van der Waals surface area contributed by atoms with E-state index in [9.17, 15) is 25.5 Å². The van der Waals surface area contributed by atoms with Crippen LogP contribution in [0.2, 0.25) is 5.02 Å². The fourth-order valence-electron chi connectivity index (χ4n) is 3.70. The van der Waals surface area contributed by atoms with E-state index in [1.54, 1.807) is 30.7 Å². The van der Waals surface area contributed by atoms with Crippen LogP contribution in [0.25, 0.3) is 10.6 Å². The number of aliphatic hydroxyl groups is 5. The lowest BCUT2D eigenvalue weighted by atomic mass is 9.90. The molecule has 0 saturated carbocycles. The highest BCUT2D eigenvalue weighted by molar-refractivity contribution is 7.15. The van der Waals surface area contributed by atoms with Crippen molar-refractivity contribution in [1.82, 2.24) is 4.98 Å². The molecule has 0 radical (unpaired) electrons. The van der Waals surface area contributed by atoms with Crippen LogP contribution in [-0.4, -0.2) is 74.8 Å². The summed E-state index contributed by atoms with van der Waals surface area (Å²) in [7, 11) is 0. The second-order valence-electron chi connectivity index (χ2n) is 7.58. The summed E-state index contributed by atoms with van der Waals surface area (Å²) in [6.45, 7) is -0.829. The van der Waals surface area contributed by atoms with Gasteiger partial charge in [-0.25, -0.2) is 4.98 Å². The fraction of sp³-hybridized carbons (Fsp3) is 0.409. The van der Waals surface area contributed by atoms with E-state index in [2.05, 4.69) is 4.98 Å². The van der Waals surface area contributed by atoms with Crippen molar-refractivity contribution in [3.05, 3.63) is 57.9 Å². The summed E-state index contributed by atoms with van der Waals surface area (Å²) in [6, 6.07) is 6.86. The van der Waals surface area contributed by atoms with Gasteiger partial charge in [-0.3, -0.25) is 0 Å².